The van der Waals surface area contributed by atoms with Crippen LogP contribution < -0.4 is 11.1 Å². The second-order valence-electron chi connectivity index (χ2n) is 4.55. The fourth-order valence-corrected chi connectivity index (χ4v) is 3.08. The Bertz CT molecular complexity index is 747. The number of hydrogen-bond donors (Lipinski definition) is 2. The van der Waals surface area contributed by atoms with E-state index in [9.17, 15) is 4.79 Å². The molecule has 3 N–H and O–H groups in total. The third-order valence-electron chi connectivity index (χ3n) is 3.21. The molecule has 0 unspecified atom stereocenters. The molecule has 3 rings (SSSR count). The molecule has 3 aromatic rings. The van der Waals surface area contributed by atoms with Crippen molar-refractivity contribution in [3.8, 4) is 0 Å². The lowest BCUT2D eigenvalue weighted by Crippen LogP contribution is -2.10. The number of carbonyl (C=O) groups excluding carboxylic acids is 1. The smallest absolute Gasteiger partial charge is 0.248 e. The summed E-state index contributed by atoms with van der Waals surface area (Å²) < 4.78 is 1.30. The summed E-state index contributed by atoms with van der Waals surface area (Å²) in [6, 6.07) is 15.6. The quantitative estimate of drug-likeness (QED) is 0.768. The van der Waals surface area contributed by atoms with Crippen LogP contribution in [0.3, 0.4) is 0 Å². The fourth-order valence-electron chi connectivity index (χ4n) is 2.12. The molecule has 0 spiro atoms. The van der Waals surface area contributed by atoms with Gasteiger partial charge in [0.05, 0.1) is 0 Å². The van der Waals surface area contributed by atoms with E-state index in [-0.39, 0.29) is 0 Å². The summed E-state index contributed by atoms with van der Waals surface area (Å²) in [6.07, 6.45) is 0. The number of hydrogen-bond acceptors (Lipinski definition) is 3. The van der Waals surface area contributed by atoms with Crippen LogP contribution in [0.5, 0.6) is 0 Å². The first-order valence-corrected chi connectivity index (χ1v) is 7.21. The number of primary amides is 1. The van der Waals surface area contributed by atoms with Gasteiger partial charge in [0.1, 0.15) is 0 Å². The standard InChI is InChI=1S/C16H14N2OS/c17-16(19)11-5-7-13(8-6-11)18-9-12-10-20-15-4-2-1-3-14(12)15/h1-8,10,18H,9H2,(H2,17,19). The van der Waals surface area contributed by atoms with Crippen molar-refractivity contribution in [2.24, 2.45) is 5.73 Å². The summed E-state index contributed by atoms with van der Waals surface area (Å²) >= 11 is 1.75. The molecule has 1 heterocycles. The summed E-state index contributed by atoms with van der Waals surface area (Å²) in [5.41, 5.74) is 8.00. The topological polar surface area (TPSA) is 55.1 Å². The van der Waals surface area contributed by atoms with Gasteiger partial charge in [0, 0.05) is 22.5 Å². The van der Waals surface area contributed by atoms with Crippen LogP contribution in [0.2, 0.25) is 0 Å². The molecule has 0 saturated carbocycles. The highest BCUT2D eigenvalue weighted by molar-refractivity contribution is 7.17. The van der Waals surface area contributed by atoms with Gasteiger partial charge in [-0.1, -0.05) is 18.2 Å². The number of nitrogens with two attached hydrogens (primary N) is 1. The van der Waals surface area contributed by atoms with Crippen LogP contribution >= 0.6 is 11.3 Å². The van der Waals surface area contributed by atoms with Gasteiger partial charge in [0.2, 0.25) is 5.91 Å². The molecule has 0 aliphatic carbocycles. The van der Waals surface area contributed by atoms with Crippen LogP contribution in [-0.4, -0.2) is 5.91 Å². The summed E-state index contributed by atoms with van der Waals surface area (Å²) in [7, 11) is 0. The zero-order chi connectivity index (χ0) is 13.9. The zero-order valence-electron chi connectivity index (χ0n) is 10.8. The molecule has 0 atom stereocenters. The molecule has 1 amide bonds. The SMILES string of the molecule is NC(=O)c1ccc(NCc2csc3ccccc23)cc1. The number of nitrogens with one attached hydrogen (secondary N) is 1. The van der Waals surface area contributed by atoms with E-state index in [1.54, 1.807) is 23.5 Å². The minimum atomic E-state index is -0.402. The molecule has 0 fully saturated rings. The van der Waals surface area contributed by atoms with Crippen molar-refractivity contribution in [2.75, 3.05) is 5.32 Å². The van der Waals surface area contributed by atoms with Gasteiger partial charge in [0.25, 0.3) is 0 Å². The number of rotatable bonds is 4. The van der Waals surface area contributed by atoms with Gasteiger partial charge in [-0.25, -0.2) is 0 Å². The average Bonchev–Trinajstić information content (AvgIpc) is 2.89. The Morgan fingerprint density at radius 1 is 1.10 bits per heavy atom. The molecule has 4 heteroatoms. The summed E-state index contributed by atoms with van der Waals surface area (Å²) in [5.74, 6) is -0.402. The van der Waals surface area contributed by atoms with Gasteiger partial charge in [-0.2, -0.15) is 0 Å². The maximum Gasteiger partial charge on any atom is 0.248 e. The number of amides is 1. The van der Waals surface area contributed by atoms with E-state index in [0.29, 0.717) is 5.56 Å². The van der Waals surface area contributed by atoms with Gasteiger partial charge in [0.15, 0.2) is 0 Å². The molecule has 100 valence electrons. The molecule has 20 heavy (non-hydrogen) atoms. The monoisotopic (exact) mass is 282 g/mol. The Morgan fingerprint density at radius 2 is 1.85 bits per heavy atom. The van der Waals surface area contributed by atoms with E-state index in [2.05, 4.69) is 35.0 Å². The van der Waals surface area contributed by atoms with Crippen molar-refractivity contribution in [2.45, 2.75) is 6.54 Å². The molecule has 3 nitrogen and oxygen atoms in total. The van der Waals surface area contributed by atoms with Crippen molar-refractivity contribution in [3.63, 3.8) is 0 Å². The lowest BCUT2D eigenvalue weighted by atomic mass is 10.1. The zero-order valence-corrected chi connectivity index (χ0v) is 11.6. The van der Waals surface area contributed by atoms with Crippen LogP contribution in [-0.2, 0) is 6.54 Å². The predicted molar refractivity (Wildman–Crippen MR) is 84.1 cm³/mol. The van der Waals surface area contributed by atoms with Gasteiger partial charge in [-0.15, -0.1) is 11.3 Å². The predicted octanol–water partition coefficient (Wildman–Crippen LogP) is 3.61. The van der Waals surface area contributed by atoms with Crippen LogP contribution in [0.1, 0.15) is 15.9 Å². The maximum atomic E-state index is 11.0. The Balaban J connectivity index is 1.74. The van der Waals surface area contributed by atoms with Crippen molar-refractivity contribution in [3.05, 3.63) is 65.0 Å². The van der Waals surface area contributed by atoms with E-state index in [0.717, 1.165) is 12.2 Å². The first-order chi connectivity index (χ1) is 9.74. The fraction of sp³-hybridized carbons (Fsp3) is 0.0625. The van der Waals surface area contributed by atoms with Crippen LogP contribution in [0, 0.1) is 0 Å². The third kappa shape index (κ3) is 2.51. The first-order valence-electron chi connectivity index (χ1n) is 6.33. The molecule has 1 aromatic heterocycles. The molecule has 0 aliphatic rings. The molecule has 0 saturated heterocycles. The highest BCUT2D eigenvalue weighted by atomic mass is 32.1. The number of anilines is 1. The second kappa shape index (κ2) is 5.35. The van der Waals surface area contributed by atoms with Gasteiger partial charge < -0.3 is 11.1 Å². The molecule has 0 radical (unpaired) electrons. The van der Waals surface area contributed by atoms with Crippen molar-refractivity contribution >= 4 is 33.0 Å². The van der Waals surface area contributed by atoms with Crippen LogP contribution in [0.15, 0.2) is 53.9 Å². The minimum absolute atomic E-state index is 0.402. The Morgan fingerprint density at radius 3 is 2.60 bits per heavy atom. The average molecular weight is 282 g/mol. The number of thiophene rings is 1. The molecular formula is C16H14N2OS. The normalized spacial score (nSPS) is 10.6. The van der Waals surface area contributed by atoms with Crippen LogP contribution in [0.4, 0.5) is 5.69 Å². The summed E-state index contributed by atoms with van der Waals surface area (Å²) in [6.45, 7) is 0.764. The van der Waals surface area contributed by atoms with Crippen LogP contribution in [0.25, 0.3) is 10.1 Å². The van der Waals surface area contributed by atoms with E-state index in [1.807, 2.05) is 12.1 Å². The Kier molecular flexibility index (Phi) is 3.39. The Hall–Kier alpha value is -2.33. The minimum Gasteiger partial charge on any atom is -0.381 e. The first kappa shape index (κ1) is 12.7. The van der Waals surface area contributed by atoms with Crippen molar-refractivity contribution in [1.82, 2.24) is 0 Å². The summed E-state index contributed by atoms with van der Waals surface area (Å²) in [5, 5.41) is 6.83. The highest BCUT2D eigenvalue weighted by Gasteiger charge is 2.03. The molecular weight excluding hydrogens is 268 g/mol. The lowest BCUT2D eigenvalue weighted by Gasteiger charge is -2.06. The van der Waals surface area contributed by atoms with Gasteiger partial charge in [-0.05, 0) is 46.7 Å². The van der Waals surface area contributed by atoms with Crippen molar-refractivity contribution in [1.29, 1.82) is 0 Å². The highest BCUT2D eigenvalue weighted by Crippen LogP contribution is 2.26. The molecule has 0 aliphatic heterocycles. The van der Waals surface area contributed by atoms with E-state index < -0.39 is 5.91 Å². The van der Waals surface area contributed by atoms with Crippen molar-refractivity contribution < 1.29 is 4.79 Å². The maximum absolute atomic E-state index is 11.0. The number of benzene rings is 2. The molecule has 2 aromatic carbocycles. The molecule has 0 bridgehead atoms. The third-order valence-corrected chi connectivity index (χ3v) is 4.23. The Labute approximate surface area is 121 Å². The lowest BCUT2D eigenvalue weighted by molar-refractivity contribution is 0.100. The largest absolute Gasteiger partial charge is 0.381 e. The van der Waals surface area contributed by atoms with Gasteiger partial charge in [-0.3, -0.25) is 4.79 Å². The van der Waals surface area contributed by atoms with E-state index in [1.165, 1.54) is 15.6 Å². The summed E-state index contributed by atoms with van der Waals surface area (Å²) in [4.78, 5) is 11.0. The number of fused-ring (bicyclic) bond motifs is 1. The van der Waals surface area contributed by atoms with E-state index >= 15 is 0 Å². The van der Waals surface area contributed by atoms with E-state index in [4.69, 9.17) is 5.73 Å². The van der Waals surface area contributed by atoms with Gasteiger partial charge >= 0.3 is 0 Å². The second-order valence-corrected chi connectivity index (χ2v) is 5.46. The number of carbonyl (C=O) groups is 1.